The molecule has 0 saturated carbocycles. The number of anilines is 1. The van der Waals surface area contributed by atoms with E-state index in [4.69, 9.17) is 0 Å². The molecule has 0 fully saturated rings. The Morgan fingerprint density at radius 3 is 2.59 bits per heavy atom. The van der Waals surface area contributed by atoms with Crippen LogP contribution in [-0.2, 0) is 26.0 Å². The van der Waals surface area contributed by atoms with Crippen LogP contribution >= 0.6 is 11.8 Å². The van der Waals surface area contributed by atoms with E-state index in [2.05, 4.69) is 10.6 Å². The molecule has 154 valence electrons. The molecule has 29 heavy (non-hydrogen) atoms. The Morgan fingerprint density at radius 1 is 1.21 bits per heavy atom. The summed E-state index contributed by atoms with van der Waals surface area (Å²) in [5.41, 5.74) is 2.58. The summed E-state index contributed by atoms with van der Waals surface area (Å²) < 4.78 is 25.8. The number of amides is 2. The molecule has 3 rings (SSSR count). The zero-order valence-corrected chi connectivity index (χ0v) is 18.2. The van der Waals surface area contributed by atoms with Gasteiger partial charge in [0.25, 0.3) is 0 Å². The average molecular weight is 433 g/mol. The minimum atomic E-state index is -3.71. The number of sulfone groups is 1. The molecule has 0 saturated heterocycles. The standard InChI is InChI=1S/C21H24N2O4S2/c1-13-4-6-16(7-5-13)12-22-20(24)10-14(2)29(26,27)17-8-9-19-18(11-17)23-21(25)15(3)28-19/h4-9,11,14-15H,10,12H2,1-3H3,(H,22,24)(H,23,25)/t14-,15+/m1/s1. The molecule has 1 heterocycles. The Morgan fingerprint density at radius 2 is 1.90 bits per heavy atom. The summed E-state index contributed by atoms with van der Waals surface area (Å²) in [7, 11) is -3.71. The van der Waals surface area contributed by atoms with E-state index in [1.54, 1.807) is 13.0 Å². The van der Waals surface area contributed by atoms with Gasteiger partial charge in [-0.15, -0.1) is 11.8 Å². The number of rotatable bonds is 6. The summed E-state index contributed by atoms with van der Waals surface area (Å²) in [6.45, 7) is 5.66. The zero-order valence-electron chi connectivity index (χ0n) is 16.6. The van der Waals surface area contributed by atoms with E-state index in [-0.39, 0.29) is 28.4 Å². The van der Waals surface area contributed by atoms with Crippen LogP contribution in [-0.4, -0.2) is 30.7 Å². The van der Waals surface area contributed by atoms with Crippen LogP contribution in [0, 0.1) is 6.92 Å². The summed E-state index contributed by atoms with van der Waals surface area (Å²) in [5, 5.41) is 4.40. The van der Waals surface area contributed by atoms with Crippen LogP contribution in [0.25, 0.3) is 0 Å². The average Bonchev–Trinajstić information content (AvgIpc) is 2.68. The smallest absolute Gasteiger partial charge is 0.237 e. The second-order valence-electron chi connectivity index (χ2n) is 7.23. The number of carbonyl (C=O) groups excluding carboxylic acids is 2. The first-order chi connectivity index (χ1) is 13.7. The highest BCUT2D eigenvalue weighted by Gasteiger charge is 2.29. The zero-order chi connectivity index (χ0) is 21.2. The van der Waals surface area contributed by atoms with E-state index >= 15 is 0 Å². The number of aryl methyl sites for hydroxylation is 1. The van der Waals surface area contributed by atoms with Crippen molar-refractivity contribution >= 4 is 39.1 Å². The Balaban J connectivity index is 1.66. The summed E-state index contributed by atoms with van der Waals surface area (Å²) >= 11 is 1.39. The van der Waals surface area contributed by atoms with E-state index in [0.29, 0.717) is 12.2 Å². The van der Waals surface area contributed by atoms with Gasteiger partial charge in [-0.1, -0.05) is 29.8 Å². The lowest BCUT2D eigenvalue weighted by Gasteiger charge is -2.22. The highest BCUT2D eigenvalue weighted by molar-refractivity contribution is 8.01. The third-order valence-electron chi connectivity index (χ3n) is 4.82. The molecule has 0 radical (unpaired) electrons. The second-order valence-corrected chi connectivity index (χ2v) is 11.0. The van der Waals surface area contributed by atoms with Gasteiger partial charge in [0.05, 0.1) is 21.1 Å². The van der Waals surface area contributed by atoms with Crippen LogP contribution in [0.3, 0.4) is 0 Å². The largest absolute Gasteiger partial charge is 0.352 e. The predicted octanol–water partition coefficient (Wildman–Crippen LogP) is 3.30. The van der Waals surface area contributed by atoms with Gasteiger partial charge in [0.1, 0.15) is 0 Å². The van der Waals surface area contributed by atoms with Crippen LogP contribution in [0.1, 0.15) is 31.4 Å². The molecule has 1 aliphatic heterocycles. The normalized spacial score (nSPS) is 17.2. The maximum absolute atomic E-state index is 12.9. The maximum Gasteiger partial charge on any atom is 0.237 e. The van der Waals surface area contributed by atoms with Crippen LogP contribution in [0.5, 0.6) is 0 Å². The molecule has 8 heteroatoms. The first-order valence-corrected chi connectivity index (χ1v) is 11.8. The summed E-state index contributed by atoms with van der Waals surface area (Å²) in [5.74, 6) is -0.474. The minimum Gasteiger partial charge on any atom is -0.352 e. The van der Waals surface area contributed by atoms with Crippen molar-refractivity contribution in [3.63, 3.8) is 0 Å². The van der Waals surface area contributed by atoms with Crippen LogP contribution in [0.2, 0.25) is 0 Å². The number of nitrogens with one attached hydrogen (secondary N) is 2. The van der Waals surface area contributed by atoms with Gasteiger partial charge in [-0.3, -0.25) is 9.59 Å². The quantitative estimate of drug-likeness (QED) is 0.731. The lowest BCUT2D eigenvalue weighted by atomic mass is 10.1. The Bertz CT molecular complexity index is 1030. The molecule has 6 nitrogen and oxygen atoms in total. The van der Waals surface area contributed by atoms with E-state index in [1.807, 2.05) is 31.2 Å². The molecule has 0 spiro atoms. The lowest BCUT2D eigenvalue weighted by Crippen LogP contribution is -2.30. The SMILES string of the molecule is Cc1ccc(CNC(=O)C[C@@H](C)S(=O)(=O)c2ccc3c(c2)NC(=O)[C@H](C)S3)cc1. The topological polar surface area (TPSA) is 92.3 Å². The molecule has 0 aliphatic carbocycles. The maximum atomic E-state index is 12.9. The first-order valence-electron chi connectivity index (χ1n) is 9.34. The fourth-order valence-corrected chi connectivity index (χ4v) is 5.25. The van der Waals surface area contributed by atoms with E-state index in [1.165, 1.54) is 30.8 Å². The van der Waals surface area contributed by atoms with Gasteiger partial charge >= 0.3 is 0 Å². The highest BCUT2D eigenvalue weighted by atomic mass is 32.2. The van der Waals surface area contributed by atoms with Gasteiger partial charge in [0, 0.05) is 17.9 Å². The van der Waals surface area contributed by atoms with Crippen molar-refractivity contribution in [2.75, 3.05) is 5.32 Å². The van der Waals surface area contributed by atoms with E-state index in [0.717, 1.165) is 16.0 Å². The van der Waals surface area contributed by atoms with Crippen LogP contribution in [0.4, 0.5) is 5.69 Å². The van der Waals surface area contributed by atoms with Crippen molar-refractivity contribution in [1.82, 2.24) is 5.32 Å². The van der Waals surface area contributed by atoms with Gasteiger partial charge < -0.3 is 10.6 Å². The van der Waals surface area contributed by atoms with Crippen molar-refractivity contribution in [3.05, 3.63) is 53.6 Å². The van der Waals surface area contributed by atoms with Crippen molar-refractivity contribution < 1.29 is 18.0 Å². The van der Waals surface area contributed by atoms with Gasteiger partial charge in [-0.05, 0) is 44.5 Å². The molecular formula is C21H24N2O4S2. The minimum absolute atomic E-state index is 0.102. The number of hydrogen-bond acceptors (Lipinski definition) is 5. The third-order valence-corrected chi connectivity index (χ3v) is 8.14. The molecule has 2 aromatic carbocycles. The lowest BCUT2D eigenvalue weighted by molar-refractivity contribution is -0.121. The highest BCUT2D eigenvalue weighted by Crippen LogP contribution is 2.37. The molecule has 1 aliphatic rings. The molecule has 2 aromatic rings. The van der Waals surface area contributed by atoms with Crippen LogP contribution < -0.4 is 10.6 Å². The molecule has 0 bridgehead atoms. The molecular weight excluding hydrogens is 408 g/mol. The van der Waals surface area contributed by atoms with Crippen molar-refractivity contribution in [2.24, 2.45) is 0 Å². The van der Waals surface area contributed by atoms with E-state index < -0.39 is 15.1 Å². The van der Waals surface area contributed by atoms with Crippen molar-refractivity contribution in [3.8, 4) is 0 Å². The van der Waals surface area contributed by atoms with E-state index in [9.17, 15) is 18.0 Å². The van der Waals surface area contributed by atoms with Crippen molar-refractivity contribution in [1.29, 1.82) is 0 Å². The molecule has 2 amide bonds. The summed E-state index contributed by atoms with van der Waals surface area (Å²) in [6.07, 6.45) is -0.135. The number of fused-ring (bicyclic) bond motifs is 1. The molecule has 2 atom stereocenters. The van der Waals surface area contributed by atoms with Gasteiger partial charge in [0.2, 0.25) is 11.8 Å². The first kappa shape index (κ1) is 21.4. The summed E-state index contributed by atoms with van der Waals surface area (Å²) in [6, 6.07) is 12.5. The number of thioether (sulfide) groups is 1. The number of benzene rings is 2. The molecule has 2 N–H and O–H groups in total. The third kappa shape index (κ3) is 5.00. The van der Waals surface area contributed by atoms with Crippen LogP contribution in [0.15, 0.2) is 52.3 Å². The predicted molar refractivity (Wildman–Crippen MR) is 115 cm³/mol. The van der Waals surface area contributed by atoms with Gasteiger partial charge in [-0.2, -0.15) is 0 Å². The van der Waals surface area contributed by atoms with Gasteiger partial charge in [-0.25, -0.2) is 8.42 Å². The fraction of sp³-hybridized carbons (Fsp3) is 0.333. The summed E-state index contributed by atoms with van der Waals surface area (Å²) in [4.78, 5) is 25.1. The molecule has 0 unspecified atom stereocenters. The fourth-order valence-electron chi connectivity index (χ4n) is 2.95. The molecule has 0 aromatic heterocycles. The second kappa shape index (κ2) is 8.59. The Kier molecular flexibility index (Phi) is 6.33. The monoisotopic (exact) mass is 432 g/mol. The number of hydrogen-bond donors (Lipinski definition) is 2. The Hall–Kier alpha value is -2.32. The Labute approximate surface area is 175 Å². The van der Waals surface area contributed by atoms with Crippen molar-refractivity contribution in [2.45, 2.75) is 54.0 Å². The van der Waals surface area contributed by atoms with Gasteiger partial charge in [0.15, 0.2) is 9.84 Å². The number of carbonyl (C=O) groups is 2.